The lowest BCUT2D eigenvalue weighted by molar-refractivity contribution is -0.146. The van der Waals surface area contributed by atoms with Crippen molar-refractivity contribution < 1.29 is 29.1 Å². The van der Waals surface area contributed by atoms with Gasteiger partial charge in [-0.25, -0.2) is 50.3 Å². The number of amides is 1. The minimum atomic E-state index is -0.332. The van der Waals surface area contributed by atoms with Crippen LogP contribution in [0.25, 0.3) is 33.5 Å². The van der Waals surface area contributed by atoms with Gasteiger partial charge in [-0.2, -0.15) is 0 Å². The summed E-state index contributed by atoms with van der Waals surface area (Å²) >= 11 is 0. The Morgan fingerprint density at radius 3 is 1.57 bits per heavy atom. The van der Waals surface area contributed by atoms with Crippen LogP contribution in [0.5, 0.6) is 0 Å². The molecule has 1 amide bonds. The molecule has 6 aromatic rings. The van der Waals surface area contributed by atoms with Gasteiger partial charge in [0.15, 0.2) is 34.4 Å². The van der Waals surface area contributed by atoms with E-state index in [1.54, 1.807) is 18.1 Å². The average Bonchev–Trinajstić information content (AvgIpc) is 4.09. The van der Waals surface area contributed by atoms with Gasteiger partial charge in [-0.3, -0.25) is 19.6 Å². The number of imidazole rings is 3. The van der Waals surface area contributed by atoms with Crippen molar-refractivity contribution in [2.45, 2.75) is 114 Å². The molecule has 0 unspecified atom stereocenters. The van der Waals surface area contributed by atoms with Crippen LogP contribution in [0.4, 0.5) is 17.5 Å². The minimum Gasteiger partial charge on any atom is -0.469 e. The molecule has 3 aliphatic rings. The second kappa shape index (κ2) is 24.8. The predicted octanol–water partition coefficient (Wildman–Crippen LogP) is 5.89. The summed E-state index contributed by atoms with van der Waals surface area (Å²) in [5, 5.41) is 8.66. The van der Waals surface area contributed by atoms with Gasteiger partial charge in [-0.05, 0) is 63.7 Å². The van der Waals surface area contributed by atoms with Crippen LogP contribution in [0.1, 0.15) is 114 Å². The minimum absolute atomic E-state index is 0. The van der Waals surface area contributed by atoms with Gasteiger partial charge in [0.2, 0.25) is 5.91 Å². The van der Waals surface area contributed by atoms with Crippen molar-refractivity contribution in [1.82, 2.24) is 64.5 Å². The van der Waals surface area contributed by atoms with E-state index in [1.165, 1.54) is 45.9 Å². The largest absolute Gasteiger partial charge is 0.469 e. The first-order valence-corrected chi connectivity index (χ1v) is 18.9. The molecule has 3 saturated carbocycles. The smallest absolute Gasteiger partial charge is 0.308 e. The summed E-state index contributed by atoms with van der Waals surface area (Å²) in [6.45, 7) is 2.18. The quantitative estimate of drug-likeness (QED) is 0.0668. The lowest BCUT2D eigenvalue weighted by atomic mass is 10.1. The van der Waals surface area contributed by atoms with Crippen molar-refractivity contribution in [2.75, 3.05) is 31.4 Å². The van der Waals surface area contributed by atoms with Crippen LogP contribution in [0.2, 0.25) is 0 Å². The van der Waals surface area contributed by atoms with Crippen LogP contribution in [0, 0.1) is 23.7 Å². The van der Waals surface area contributed by atoms with Crippen molar-refractivity contribution in [3.05, 3.63) is 38.0 Å². The van der Waals surface area contributed by atoms with Gasteiger partial charge in [0.05, 0.1) is 45.0 Å². The number of carbonyl (C=O) groups is 3. The predicted molar refractivity (Wildman–Crippen MR) is 242 cm³/mol. The number of hydrogen-bond donors (Lipinski definition) is 6. The summed E-state index contributed by atoms with van der Waals surface area (Å²) in [5.74, 6) is 1.37. The molecule has 3 aliphatic carbocycles. The highest BCUT2D eigenvalue weighted by Gasteiger charge is 2.33. The van der Waals surface area contributed by atoms with E-state index < -0.39 is 0 Å². The van der Waals surface area contributed by atoms with E-state index in [0.29, 0.717) is 57.6 Å². The summed E-state index contributed by atoms with van der Waals surface area (Å²) in [5.41, 5.74) is 22.6. The number of esters is 2. The fourth-order valence-corrected chi connectivity index (χ4v) is 7.78. The molecule has 6 aromatic heterocycles. The molecule has 3 fully saturated rings. The first-order valence-electron chi connectivity index (χ1n) is 18.9. The summed E-state index contributed by atoms with van der Waals surface area (Å²) in [6.07, 6.45) is 17.1. The number of fused-ring (bicyclic) bond motifs is 3. The number of nitrogens with two attached hydrogens (primary N) is 3. The lowest BCUT2D eigenvalue weighted by Crippen LogP contribution is -2.26. The zero-order valence-corrected chi connectivity index (χ0v) is 32.4. The Morgan fingerprint density at radius 1 is 0.635 bits per heavy atom. The van der Waals surface area contributed by atoms with Crippen LogP contribution >= 0.6 is 0 Å². The number of H-pyrrole nitrogens is 1. The number of carbonyl (C=O) groups excluding carboxylic acids is 3. The van der Waals surface area contributed by atoms with Crippen LogP contribution in [-0.2, 0) is 23.9 Å². The van der Waals surface area contributed by atoms with Crippen molar-refractivity contribution >= 4 is 68.8 Å². The van der Waals surface area contributed by atoms with Gasteiger partial charge in [-0.15, -0.1) is 0 Å². The Bertz CT molecular complexity index is 2240. The van der Waals surface area contributed by atoms with Crippen LogP contribution in [0.15, 0.2) is 38.0 Å². The molecule has 9 N–H and O–H groups in total. The lowest BCUT2D eigenvalue weighted by Gasteiger charge is -2.12. The van der Waals surface area contributed by atoms with E-state index >= 15 is 0 Å². The van der Waals surface area contributed by atoms with Crippen molar-refractivity contribution in [3.63, 3.8) is 0 Å². The second-order valence-electron chi connectivity index (χ2n) is 14.5. The first-order chi connectivity index (χ1) is 28.0. The summed E-state index contributed by atoms with van der Waals surface area (Å²) in [4.78, 5) is 73.0. The maximum Gasteiger partial charge on any atom is 0.308 e. The summed E-state index contributed by atoms with van der Waals surface area (Å²) in [7, 11) is 2.89. The standard InChI is InChI=1S/C12H15N5O2.C11H14N6O2.C8H14O2.C5H5N5.5CH4/c1-19-12(18)7-2-3-8(4-7)17-6-16-9-10(13)14-5-15-11(9)17;12-9-8-10(14-4-13-9)17(5-15-8)7-2-1-6(3-7)11(18)16-19;1-6-3-4-7(5-6)8(9)10-2;6-4-3-5(9-1-7-3)10-2-8-4;;;;;/h5-8H,2-4H2,1H3,(H2,13,14,15);4-7,19H,1-3H2,(H,16,18)(H2,12,13,14);6-7H,3-5H2,1-2H3;1-2H,(H3,6,7,8,9,10);5*1H4/t7-,8-;6-,7-;6-,7+;;;;;;/m110....../s1. The third kappa shape index (κ3) is 12.5. The molecule has 6 atom stereocenters. The molecule has 0 bridgehead atoms. The van der Waals surface area contributed by atoms with Gasteiger partial charge in [-0.1, -0.05) is 44.1 Å². The molecule has 0 radical (unpaired) electrons. The zero-order chi connectivity index (χ0) is 41.3. The van der Waals surface area contributed by atoms with Crippen LogP contribution in [-0.4, -0.2) is 96.2 Å². The highest BCUT2D eigenvalue weighted by atomic mass is 16.5. The second-order valence-corrected chi connectivity index (χ2v) is 14.5. The molecule has 22 heteroatoms. The molecule has 22 nitrogen and oxygen atoms in total. The Morgan fingerprint density at radius 2 is 1.10 bits per heavy atom. The van der Waals surface area contributed by atoms with E-state index in [1.807, 2.05) is 9.13 Å². The number of hydroxylamine groups is 1. The fraction of sp³-hybridized carbons (Fsp3) is 0.561. The fourth-order valence-electron chi connectivity index (χ4n) is 7.78. The van der Waals surface area contributed by atoms with Crippen LogP contribution < -0.4 is 22.7 Å². The van der Waals surface area contributed by atoms with E-state index in [2.05, 4.69) is 61.5 Å². The molecule has 0 saturated heterocycles. The van der Waals surface area contributed by atoms with Crippen molar-refractivity contribution in [3.8, 4) is 0 Å². The van der Waals surface area contributed by atoms with E-state index in [4.69, 9.17) is 27.1 Å². The number of ether oxygens (including phenoxy) is 2. The molecule has 9 rings (SSSR count). The molecule has 0 aromatic carbocycles. The molecular formula is C41H68N16O6. The normalized spacial score (nSPS) is 20.5. The number of anilines is 3. The number of nitrogens with zero attached hydrogens (tertiary/aromatic N) is 11. The number of nitrogens with one attached hydrogen (secondary N) is 2. The SMILES string of the molecule is C.C.C.C.C.COC(=O)[C@@H]1CC[C@@H](n2cnc3c(N)ncnc32)C1.COC(=O)[C@@H]1CC[C@H](C)C1.Nc1ncnc2c1ncn2[C@@H]1CC[C@@H](C(=O)NO)C1.Nc1ncnc2nc[nH]c12. The maximum absolute atomic E-state index is 11.6. The Hall–Kier alpha value is -6.58. The average molecular weight is 881 g/mol. The number of hydrogen-bond acceptors (Lipinski definition) is 18. The zero-order valence-electron chi connectivity index (χ0n) is 32.4. The monoisotopic (exact) mass is 881 g/mol. The van der Waals surface area contributed by atoms with Gasteiger partial charge in [0.1, 0.15) is 35.5 Å². The number of nitrogen functional groups attached to an aromatic ring is 3. The third-order valence-corrected chi connectivity index (χ3v) is 10.9. The van der Waals surface area contributed by atoms with Crippen LogP contribution in [0.3, 0.4) is 0 Å². The number of methoxy groups -OCH3 is 2. The Labute approximate surface area is 368 Å². The van der Waals surface area contributed by atoms with Gasteiger partial charge >= 0.3 is 11.9 Å². The van der Waals surface area contributed by atoms with Crippen molar-refractivity contribution in [2.24, 2.45) is 23.7 Å². The third-order valence-electron chi connectivity index (χ3n) is 10.9. The van der Waals surface area contributed by atoms with Gasteiger partial charge in [0.25, 0.3) is 0 Å². The molecule has 0 aliphatic heterocycles. The van der Waals surface area contributed by atoms with E-state index in [-0.39, 0.29) is 84.8 Å². The maximum atomic E-state index is 11.6. The Kier molecular flexibility index (Phi) is 21.4. The van der Waals surface area contributed by atoms with Gasteiger partial charge < -0.3 is 40.8 Å². The summed E-state index contributed by atoms with van der Waals surface area (Å²) in [6, 6.07) is 0.352. The summed E-state index contributed by atoms with van der Waals surface area (Å²) < 4.78 is 13.4. The number of aromatic amines is 1. The highest BCUT2D eigenvalue weighted by Crippen LogP contribution is 2.38. The molecule has 6 heterocycles. The van der Waals surface area contributed by atoms with E-state index in [9.17, 15) is 14.4 Å². The number of rotatable bonds is 5. The Balaban J connectivity index is 0.000000425. The first kappa shape index (κ1) is 54.4. The molecular weight excluding hydrogens is 813 g/mol. The van der Waals surface area contributed by atoms with Gasteiger partial charge in [0, 0.05) is 18.0 Å². The number of aromatic nitrogens is 12. The van der Waals surface area contributed by atoms with Crippen molar-refractivity contribution in [1.29, 1.82) is 0 Å². The van der Waals surface area contributed by atoms with E-state index in [0.717, 1.165) is 50.6 Å². The molecule has 0 spiro atoms. The molecule has 63 heavy (non-hydrogen) atoms. The molecule has 348 valence electrons. The highest BCUT2D eigenvalue weighted by molar-refractivity contribution is 5.83. The topological polar surface area (TPSA) is 322 Å².